The van der Waals surface area contributed by atoms with Gasteiger partial charge in [-0.15, -0.1) is 0 Å². The van der Waals surface area contributed by atoms with E-state index < -0.39 is 23.3 Å². The maximum atomic E-state index is 13.9. The summed E-state index contributed by atoms with van der Waals surface area (Å²) in [5, 5.41) is 18.1. The monoisotopic (exact) mass is 513 g/mol. The van der Waals surface area contributed by atoms with Crippen LogP contribution in [0.4, 0.5) is 8.78 Å². The van der Waals surface area contributed by atoms with Crippen LogP contribution in [-0.2, 0) is 11.2 Å². The van der Waals surface area contributed by atoms with Crippen molar-refractivity contribution >= 4 is 17.5 Å². The van der Waals surface area contributed by atoms with Crippen LogP contribution in [0.25, 0.3) is 5.65 Å². The van der Waals surface area contributed by atoms with Gasteiger partial charge in [0.15, 0.2) is 11.3 Å². The van der Waals surface area contributed by atoms with Gasteiger partial charge >= 0.3 is 0 Å². The Hall–Kier alpha value is -3.44. The van der Waals surface area contributed by atoms with Gasteiger partial charge in [0.2, 0.25) is 11.8 Å². The average molecular weight is 514 g/mol. The second-order valence-electron chi connectivity index (χ2n) is 11.0. The molecular weight excluding hydrogens is 484 g/mol. The van der Waals surface area contributed by atoms with E-state index >= 15 is 0 Å². The van der Waals surface area contributed by atoms with Crippen LogP contribution in [0.15, 0.2) is 23.1 Å². The Balaban J connectivity index is 1.28. The van der Waals surface area contributed by atoms with Crippen LogP contribution in [0.3, 0.4) is 0 Å². The minimum Gasteiger partial charge on any atom is -0.356 e. The molecule has 196 valence electrons. The number of rotatable bonds is 7. The van der Waals surface area contributed by atoms with E-state index in [0.29, 0.717) is 30.0 Å². The molecule has 3 aliphatic rings. The van der Waals surface area contributed by atoms with Gasteiger partial charge in [-0.1, -0.05) is 12.1 Å². The van der Waals surface area contributed by atoms with Crippen molar-refractivity contribution in [2.75, 3.05) is 6.54 Å². The molecule has 2 saturated carbocycles. The first-order chi connectivity index (χ1) is 17.7. The van der Waals surface area contributed by atoms with Gasteiger partial charge in [0.05, 0.1) is 29.5 Å². The van der Waals surface area contributed by atoms with Gasteiger partial charge in [0, 0.05) is 25.3 Å². The molecule has 0 spiro atoms. The fourth-order valence-corrected chi connectivity index (χ4v) is 5.60. The average Bonchev–Trinajstić information content (AvgIpc) is 3.28. The summed E-state index contributed by atoms with van der Waals surface area (Å²) in [6, 6.07) is 1.28. The molecule has 2 atom stereocenters. The normalized spacial score (nSPS) is 24.8. The standard InChI is InChI=1S/C25H29F2N7O3/c1-24(8-9-28-23(24)36)11-14-10-18-30-17(13-34(18)29-12-14)19(16-4-6-25(26,27)7-5-16)31-22(35)21-20(15-2-3-15)32-37-33-21/h10,12-13,15-16,19H,2-9,11H2,1H3,(H,28,36)(H,31,35)/t19-,24-/m0/s1. The van der Waals surface area contributed by atoms with E-state index in [2.05, 4.69) is 26.0 Å². The second kappa shape index (κ2) is 8.84. The van der Waals surface area contributed by atoms with Crippen LogP contribution in [0.5, 0.6) is 0 Å². The lowest BCUT2D eigenvalue weighted by Gasteiger charge is -2.33. The molecule has 1 aliphatic heterocycles. The number of hydrogen-bond acceptors (Lipinski definition) is 7. The van der Waals surface area contributed by atoms with E-state index in [1.165, 1.54) is 0 Å². The first-order valence-corrected chi connectivity index (χ1v) is 12.8. The molecule has 0 bridgehead atoms. The summed E-state index contributed by atoms with van der Waals surface area (Å²) in [5.74, 6) is -3.17. The molecule has 2 amide bonds. The number of alkyl halides is 2. The van der Waals surface area contributed by atoms with Crippen LogP contribution >= 0.6 is 0 Å². The molecule has 10 nitrogen and oxygen atoms in total. The lowest BCUT2D eigenvalue weighted by Crippen LogP contribution is -2.37. The number of nitrogens with zero attached hydrogens (tertiary/aromatic N) is 5. The van der Waals surface area contributed by atoms with Crippen LogP contribution in [0.2, 0.25) is 0 Å². The first kappa shape index (κ1) is 23.9. The molecule has 3 aromatic rings. The van der Waals surface area contributed by atoms with Gasteiger partial charge < -0.3 is 10.6 Å². The van der Waals surface area contributed by atoms with Crippen molar-refractivity contribution in [1.29, 1.82) is 0 Å². The van der Waals surface area contributed by atoms with E-state index in [9.17, 15) is 18.4 Å². The largest absolute Gasteiger partial charge is 0.356 e. The van der Waals surface area contributed by atoms with E-state index in [-0.39, 0.29) is 49.1 Å². The quantitative estimate of drug-likeness (QED) is 0.496. The fraction of sp³-hybridized carbons (Fsp3) is 0.600. The number of carbonyl (C=O) groups excluding carboxylic acids is 2. The topological polar surface area (TPSA) is 127 Å². The van der Waals surface area contributed by atoms with Gasteiger partial charge in [-0.05, 0) is 61.2 Å². The number of imidazole rings is 1. The van der Waals surface area contributed by atoms with Gasteiger partial charge in [-0.2, -0.15) is 5.10 Å². The molecule has 12 heteroatoms. The Kier molecular flexibility index (Phi) is 5.72. The zero-order chi connectivity index (χ0) is 25.8. The summed E-state index contributed by atoms with van der Waals surface area (Å²) in [6.45, 7) is 2.60. The lowest BCUT2D eigenvalue weighted by atomic mass is 9.81. The predicted molar refractivity (Wildman–Crippen MR) is 126 cm³/mol. The minimum absolute atomic E-state index is 0.0289. The van der Waals surface area contributed by atoms with E-state index in [0.717, 1.165) is 24.8 Å². The second-order valence-corrected chi connectivity index (χ2v) is 11.0. The summed E-state index contributed by atoms with van der Waals surface area (Å²) in [7, 11) is 0. The first-order valence-electron chi connectivity index (χ1n) is 12.8. The van der Waals surface area contributed by atoms with Crippen molar-refractivity contribution in [2.45, 2.75) is 76.2 Å². The number of fused-ring (bicyclic) bond motifs is 1. The van der Waals surface area contributed by atoms with Crippen LogP contribution in [0.1, 0.15) is 91.3 Å². The third-order valence-corrected chi connectivity index (χ3v) is 8.03. The number of carbonyl (C=O) groups is 2. The lowest BCUT2D eigenvalue weighted by molar-refractivity contribution is -0.126. The number of aromatic nitrogens is 5. The highest BCUT2D eigenvalue weighted by Crippen LogP contribution is 2.42. The van der Waals surface area contributed by atoms with Crippen molar-refractivity contribution in [3.05, 3.63) is 41.1 Å². The molecule has 4 heterocycles. The Morgan fingerprint density at radius 2 is 2.03 bits per heavy atom. The third-order valence-electron chi connectivity index (χ3n) is 8.03. The van der Waals surface area contributed by atoms with E-state index in [1.807, 2.05) is 13.0 Å². The van der Waals surface area contributed by atoms with Gasteiger partial charge in [0.25, 0.3) is 5.91 Å². The van der Waals surface area contributed by atoms with E-state index in [4.69, 9.17) is 9.61 Å². The Labute approximate surface area is 211 Å². The minimum atomic E-state index is -2.70. The molecule has 2 N–H and O–H groups in total. The summed E-state index contributed by atoms with van der Waals surface area (Å²) in [6.07, 6.45) is 6.61. The van der Waals surface area contributed by atoms with Gasteiger partial charge in [-0.25, -0.2) is 22.9 Å². The molecule has 6 rings (SSSR count). The summed E-state index contributed by atoms with van der Waals surface area (Å²) in [4.78, 5) is 30.3. The predicted octanol–water partition coefficient (Wildman–Crippen LogP) is 3.36. The highest BCUT2D eigenvalue weighted by Gasteiger charge is 2.41. The Morgan fingerprint density at radius 1 is 1.24 bits per heavy atom. The molecule has 1 saturated heterocycles. The molecule has 37 heavy (non-hydrogen) atoms. The van der Waals surface area contributed by atoms with Crippen molar-refractivity contribution in [3.8, 4) is 0 Å². The highest BCUT2D eigenvalue weighted by atomic mass is 19.3. The maximum absolute atomic E-state index is 13.9. The number of halogens is 2. The summed E-state index contributed by atoms with van der Waals surface area (Å²) >= 11 is 0. The van der Waals surface area contributed by atoms with Crippen LogP contribution in [-0.4, -0.2) is 49.2 Å². The molecular formula is C25H29F2N7O3. The number of nitrogens with one attached hydrogen (secondary N) is 2. The Bertz CT molecular complexity index is 1340. The van der Waals surface area contributed by atoms with Crippen LogP contribution in [0, 0.1) is 11.3 Å². The molecule has 3 fully saturated rings. The van der Waals surface area contributed by atoms with E-state index in [1.54, 1.807) is 16.9 Å². The van der Waals surface area contributed by atoms with Crippen molar-refractivity contribution < 1.29 is 23.0 Å². The number of hydrogen-bond donors (Lipinski definition) is 2. The molecule has 2 aliphatic carbocycles. The van der Waals surface area contributed by atoms with Gasteiger partial charge in [0.1, 0.15) is 5.69 Å². The smallest absolute Gasteiger partial charge is 0.276 e. The molecule has 0 unspecified atom stereocenters. The maximum Gasteiger partial charge on any atom is 0.276 e. The summed E-state index contributed by atoms with van der Waals surface area (Å²) < 4.78 is 34.3. The third kappa shape index (κ3) is 4.69. The summed E-state index contributed by atoms with van der Waals surface area (Å²) in [5.41, 5.74) is 2.17. The molecule has 3 aromatic heterocycles. The van der Waals surface area contributed by atoms with Crippen molar-refractivity contribution in [1.82, 2.24) is 35.5 Å². The Morgan fingerprint density at radius 3 is 2.73 bits per heavy atom. The van der Waals surface area contributed by atoms with Crippen molar-refractivity contribution in [3.63, 3.8) is 0 Å². The van der Waals surface area contributed by atoms with Crippen molar-refractivity contribution in [2.24, 2.45) is 11.3 Å². The van der Waals surface area contributed by atoms with Gasteiger partial charge in [-0.3, -0.25) is 9.59 Å². The number of amides is 2. The molecule has 0 radical (unpaired) electrons. The zero-order valence-electron chi connectivity index (χ0n) is 20.5. The fourth-order valence-electron chi connectivity index (χ4n) is 5.60. The zero-order valence-corrected chi connectivity index (χ0v) is 20.5. The molecule has 0 aromatic carbocycles. The highest BCUT2D eigenvalue weighted by molar-refractivity contribution is 5.93. The van der Waals surface area contributed by atoms with Crippen LogP contribution < -0.4 is 10.6 Å². The SMILES string of the molecule is C[C@@]1(Cc2cnn3cc([C@@H](NC(=O)c4nonc4C4CC4)C4CCC(F)(F)CC4)nc3c2)CCNC1=O.